The highest BCUT2D eigenvalue weighted by molar-refractivity contribution is 9.10. The fraction of sp³-hybridized carbons (Fsp3) is 0.267. The Morgan fingerprint density at radius 2 is 2.11 bits per heavy atom. The quantitative estimate of drug-likeness (QED) is 0.848. The van der Waals surface area contributed by atoms with Gasteiger partial charge in [0.15, 0.2) is 0 Å². The molecule has 94 valence electrons. The molecule has 0 N–H and O–H groups in total. The fourth-order valence-corrected chi connectivity index (χ4v) is 2.48. The van der Waals surface area contributed by atoms with Gasteiger partial charge in [-0.15, -0.1) is 0 Å². The van der Waals surface area contributed by atoms with E-state index in [1.54, 1.807) is 6.20 Å². The molecule has 3 rings (SSSR count). The van der Waals surface area contributed by atoms with Crippen molar-refractivity contribution in [3.05, 3.63) is 46.3 Å². The van der Waals surface area contributed by atoms with Gasteiger partial charge in [-0.25, -0.2) is 9.97 Å². The second kappa shape index (κ2) is 4.43. The van der Waals surface area contributed by atoms with E-state index in [0.717, 1.165) is 34.1 Å². The molecule has 0 bridgehead atoms. The number of aromatic nitrogens is 2. The molecule has 1 fully saturated rings. The van der Waals surface area contributed by atoms with Crippen LogP contribution in [-0.2, 0) is 5.41 Å². The van der Waals surface area contributed by atoms with Crippen molar-refractivity contribution < 1.29 is 0 Å². The van der Waals surface area contributed by atoms with E-state index in [1.807, 2.05) is 18.2 Å². The van der Waals surface area contributed by atoms with Crippen LogP contribution in [0, 0.1) is 18.3 Å². The molecule has 0 radical (unpaired) electrons. The molecule has 4 heteroatoms. The minimum absolute atomic E-state index is 0.435. The molecule has 0 spiro atoms. The molecule has 1 aliphatic carbocycles. The maximum atomic E-state index is 9.23. The van der Waals surface area contributed by atoms with Gasteiger partial charge in [0.05, 0.1) is 11.8 Å². The lowest BCUT2D eigenvalue weighted by Crippen LogP contribution is -2.09. The van der Waals surface area contributed by atoms with Gasteiger partial charge in [-0.2, -0.15) is 5.26 Å². The highest BCUT2D eigenvalue weighted by atomic mass is 79.9. The van der Waals surface area contributed by atoms with Gasteiger partial charge in [0.25, 0.3) is 0 Å². The summed E-state index contributed by atoms with van der Waals surface area (Å²) in [7, 11) is 0. The van der Waals surface area contributed by atoms with E-state index in [0.29, 0.717) is 5.82 Å². The van der Waals surface area contributed by atoms with Crippen LogP contribution in [0.15, 0.2) is 34.9 Å². The molecule has 1 aromatic heterocycles. The summed E-state index contributed by atoms with van der Waals surface area (Å²) in [5.74, 6) is 0.659. The third-order valence-electron chi connectivity index (χ3n) is 3.52. The first kappa shape index (κ1) is 12.3. The predicted octanol–water partition coefficient (Wildman–Crippen LogP) is 3.77. The van der Waals surface area contributed by atoms with Crippen molar-refractivity contribution in [1.82, 2.24) is 9.97 Å². The molecular formula is C15H12BrN3. The zero-order valence-electron chi connectivity index (χ0n) is 10.5. The first-order chi connectivity index (χ1) is 9.14. The molecule has 0 amide bonds. The minimum atomic E-state index is -0.435. The molecule has 0 saturated heterocycles. The van der Waals surface area contributed by atoms with Crippen molar-refractivity contribution in [3.8, 4) is 17.3 Å². The van der Waals surface area contributed by atoms with Crippen LogP contribution in [0.25, 0.3) is 11.3 Å². The summed E-state index contributed by atoms with van der Waals surface area (Å²) in [5.41, 5.74) is 2.68. The predicted molar refractivity (Wildman–Crippen MR) is 76.4 cm³/mol. The average Bonchev–Trinajstić information content (AvgIpc) is 3.23. The highest BCUT2D eigenvalue weighted by Crippen LogP contribution is 2.46. The Bertz CT molecular complexity index is 684. The molecule has 2 aromatic rings. The SMILES string of the molecule is Cc1ccc(Br)cc1-c1ccnc(C2(C#N)CC2)n1. The Balaban J connectivity index is 2.09. The van der Waals surface area contributed by atoms with E-state index in [4.69, 9.17) is 0 Å². The van der Waals surface area contributed by atoms with E-state index in [9.17, 15) is 5.26 Å². The monoisotopic (exact) mass is 313 g/mol. The third-order valence-corrected chi connectivity index (χ3v) is 4.02. The summed E-state index contributed by atoms with van der Waals surface area (Å²) in [6.45, 7) is 2.06. The first-order valence-corrected chi connectivity index (χ1v) is 6.95. The minimum Gasteiger partial charge on any atom is -0.240 e. The second-order valence-electron chi connectivity index (χ2n) is 4.92. The lowest BCUT2D eigenvalue weighted by atomic mass is 10.0. The second-order valence-corrected chi connectivity index (χ2v) is 5.83. The molecule has 1 aliphatic rings. The van der Waals surface area contributed by atoms with Gasteiger partial charge in [0.2, 0.25) is 0 Å². The smallest absolute Gasteiger partial charge is 0.149 e. The van der Waals surface area contributed by atoms with Gasteiger partial charge in [-0.1, -0.05) is 22.0 Å². The number of halogens is 1. The molecule has 19 heavy (non-hydrogen) atoms. The topological polar surface area (TPSA) is 49.6 Å². The van der Waals surface area contributed by atoms with Crippen LogP contribution in [-0.4, -0.2) is 9.97 Å². The summed E-state index contributed by atoms with van der Waals surface area (Å²) < 4.78 is 1.02. The summed E-state index contributed by atoms with van der Waals surface area (Å²) in [6, 6.07) is 10.3. The van der Waals surface area contributed by atoms with Crippen molar-refractivity contribution in [2.45, 2.75) is 25.2 Å². The van der Waals surface area contributed by atoms with Crippen LogP contribution >= 0.6 is 15.9 Å². The summed E-state index contributed by atoms with van der Waals surface area (Å²) in [5, 5.41) is 9.23. The third kappa shape index (κ3) is 2.15. The van der Waals surface area contributed by atoms with Gasteiger partial charge in [-0.05, 0) is 43.5 Å². The Morgan fingerprint density at radius 3 is 2.79 bits per heavy atom. The average molecular weight is 314 g/mol. The van der Waals surface area contributed by atoms with Crippen LogP contribution in [0.5, 0.6) is 0 Å². The number of nitrogens with zero attached hydrogens (tertiary/aromatic N) is 3. The summed E-state index contributed by atoms with van der Waals surface area (Å²) >= 11 is 3.48. The van der Waals surface area contributed by atoms with Crippen molar-refractivity contribution in [3.63, 3.8) is 0 Å². The maximum absolute atomic E-state index is 9.23. The molecule has 0 aliphatic heterocycles. The highest BCUT2D eigenvalue weighted by Gasteiger charge is 2.47. The van der Waals surface area contributed by atoms with Crippen molar-refractivity contribution >= 4 is 15.9 Å². The molecule has 0 unspecified atom stereocenters. The lowest BCUT2D eigenvalue weighted by Gasteiger charge is -2.09. The number of benzene rings is 1. The summed E-state index contributed by atoms with van der Waals surface area (Å²) in [6.07, 6.45) is 3.48. The molecule has 1 heterocycles. The van der Waals surface area contributed by atoms with Gasteiger partial charge in [-0.3, -0.25) is 0 Å². The lowest BCUT2D eigenvalue weighted by molar-refractivity contribution is 0.798. The molecule has 1 aromatic carbocycles. The van der Waals surface area contributed by atoms with Crippen LogP contribution in [0.2, 0.25) is 0 Å². The van der Waals surface area contributed by atoms with Crippen LogP contribution in [0.4, 0.5) is 0 Å². The van der Waals surface area contributed by atoms with E-state index < -0.39 is 5.41 Å². The zero-order valence-corrected chi connectivity index (χ0v) is 12.1. The molecule has 0 atom stereocenters. The van der Waals surface area contributed by atoms with E-state index in [-0.39, 0.29) is 0 Å². The standard InChI is InChI=1S/C15H12BrN3/c1-10-2-3-11(16)8-12(10)13-4-7-18-14(19-13)15(9-17)5-6-15/h2-4,7-8H,5-6H2,1H3. The van der Waals surface area contributed by atoms with Gasteiger partial charge >= 0.3 is 0 Å². The first-order valence-electron chi connectivity index (χ1n) is 6.16. The number of nitriles is 1. The van der Waals surface area contributed by atoms with Crippen molar-refractivity contribution in [2.75, 3.05) is 0 Å². The van der Waals surface area contributed by atoms with Crippen LogP contribution in [0.1, 0.15) is 24.2 Å². The number of hydrogen-bond acceptors (Lipinski definition) is 3. The Labute approximate surface area is 120 Å². The number of aryl methyl sites for hydroxylation is 1. The number of hydrogen-bond donors (Lipinski definition) is 0. The van der Waals surface area contributed by atoms with E-state index >= 15 is 0 Å². The van der Waals surface area contributed by atoms with E-state index in [1.165, 1.54) is 0 Å². The molecule has 1 saturated carbocycles. The summed E-state index contributed by atoms with van der Waals surface area (Å²) in [4.78, 5) is 8.87. The van der Waals surface area contributed by atoms with Gasteiger partial charge < -0.3 is 0 Å². The molecule has 3 nitrogen and oxygen atoms in total. The van der Waals surface area contributed by atoms with Crippen LogP contribution < -0.4 is 0 Å². The maximum Gasteiger partial charge on any atom is 0.149 e. The Morgan fingerprint density at radius 1 is 1.32 bits per heavy atom. The van der Waals surface area contributed by atoms with E-state index in [2.05, 4.69) is 45.0 Å². The van der Waals surface area contributed by atoms with Gasteiger partial charge in [0.1, 0.15) is 11.2 Å². The van der Waals surface area contributed by atoms with Crippen molar-refractivity contribution in [2.24, 2.45) is 0 Å². The molecular weight excluding hydrogens is 302 g/mol. The van der Waals surface area contributed by atoms with Crippen molar-refractivity contribution in [1.29, 1.82) is 5.26 Å². The Hall–Kier alpha value is -1.73. The van der Waals surface area contributed by atoms with Crippen LogP contribution in [0.3, 0.4) is 0 Å². The fourth-order valence-electron chi connectivity index (χ4n) is 2.12. The largest absolute Gasteiger partial charge is 0.240 e. The number of rotatable bonds is 2. The zero-order chi connectivity index (χ0) is 13.5. The van der Waals surface area contributed by atoms with Gasteiger partial charge in [0, 0.05) is 16.2 Å². The normalized spacial score (nSPS) is 15.8. The Kier molecular flexibility index (Phi) is 2.87.